The van der Waals surface area contributed by atoms with Crippen molar-refractivity contribution < 1.29 is 14.6 Å². The largest absolute Gasteiger partial charge is 0.465 e. The molecule has 4 heteroatoms. The van der Waals surface area contributed by atoms with Gasteiger partial charge in [0.15, 0.2) is 0 Å². The van der Waals surface area contributed by atoms with E-state index in [9.17, 15) is 4.79 Å². The highest BCUT2D eigenvalue weighted by molar-refractivity contribution is 5.90. The summed E-state index contributed by atoms with van der Waals surface area (Å²) >= 11 is 0. The molecule has 0 fully saturated rings. The van der Waals surface area contributed by atoms with Crippen molar-refractivity contribution in [3.05, 3.63) is 29.3 Å². The normalized spacial score (nSPS) is 9.64. The van der Waals surface area contributed by atoms with Gasteiger partial charge in [0.1, 0.15) is 0 Å². The lowest BCUT2D eigenvalue weighted by Crippen LogP contribution is -2.03. The number of carbonyl (C=O) groups is 1. The van der Waals surface area contributed by atoms with Crippen LogP contribution in [0.2, 0.25) is 0 Å². The Morgan fingerprint density at radius 2 is 2.29 bits per heavy atom. The minimum absolute atomic E-state index is 0.0579. The maximum absolute atomic E-state index is 11.2. The van der Waals surface area contributed by atoms with Crippen LogP contribution >= 0.6 is 0 Å². The van der Waals surface area contributed by atoms with Crippen LogP contribution in [0.4, 0.5) is 5.69 Å². The van der Waals surface area contributed by atoms with Gasteiger partial charge >= 0.3 is 5.97 Å². The van der Waals surface area contributed by atoms with E-state index in [-0.39, 0.29) is 12.6 Å². The highest BCUT2D eigenvalue weighted by Crippen LogP contribution is 2.17. The number of anilines is 1. The molecule has 0 spiro atoms. The van der Waals surface area contributed by atoms with Gasteiger partial charge in [0.25, 0.3) is 0 Å². The molecule has 0 unspecified atom stereocenters. The molecule has 0 bridgehead atoms. The predicted octanol–water partition coefficient (Wildman–Crippen LogP) is 1.01. The zero-order valence-electron chi connectivity index (χ0n) is 8.20. The van der Waals surface area contributed by atoms with Gasteiger partial charge in [-0.1, -0.05) is 6.07 Å². The van der Waals surface area contributed by atoms with Crippen LogP contribution in [0.3, 0.4) is 0 Å². The molecule has 0 heterocycles. The van der Waals surface area contributed by atoms with E-state index in [1.165, 1.54) is 7.11 Å². The van der Waals surface area contributed by atoms with Crippen LogP contribution in [0.15, 0.2) is 18.2 Å². The molecule has 0 saturated heterocycles. The number of ether oxygens (including phenoxy) is 1. The number of esters is 1. The van der Waals surface area contributed by atoms with Gasteiger partial charge in [-0.05, 0) is 12.1 Å². The summed E-state index contributed by atoms with van der Waals surface area (Å²) in [6, 6.07) is 4.97. The number of methoxy groups -OCH3 is 1. The molecule has 14 heavy (non-hydrogen) atoms. The Hall–Kier alpha value is -1.55. The maximum atomic E-state index is 11.2. The van der Waals surface area contributed by atoms with Gasteiger partial charge < -0.3 is 15.2 Å². The van der Waals surface area contributed by atoms with Crippen molar-refractivity contribution >= 4 is 11.7 Å². The molecule has 0 saturated carbocycles. The van der Waals surface area contributed by atoms with Crippen LogP contribution in [0.1, 0.15) is 15.9 Å². The Morgan fingerprint density at radius 3 is 2.79 bits per heavy atom. The first kappa shape index (κ1) is 10.5. The van der Waals surface area contributed by atoms with E-state index < -0.39 is 0 Å². The quantitative estimate of drug-likeness (QED) is 0.706. The number of carbonyl (C=O) groups excluding carboxylic acids is 1. The van der Waals surface area contributed by atoms with Crippen molar-refractivity contribution in [2.75, 3.05) is 19.5 Å². The molecule has 76 valence electrons. The van der Waals surface area contributed by atoms with Gasteiger partial charge in [0.2, 0.25) is 0 Å². The molecule has 0 aliphatic heterocycles. The number of hydrogen-bond acceptors (Lipinski definition) is 4. The smallest absolute Gasteiger partial charge is 0.337 e. The predicted molar refractivity (Wildman–Crippen MR) is 53.3 cm³/mol. The van der Waals surface area contributed by atoms with Gasteiger partial charge in [-0.15, -0.1) is 0 Å². The van der Waals surface area contributed by atoms with Crippen LogP contribution in [-0.4, -0.2) is 25.2 Å². The Kier molecular flexibility index (Phi) is 3.48. The van der Waals surface area contributed by atoms with Crippen LogP contribution < -0.4 is 5.32 Å². The molecule has 0 amide bonds. The third-order valence-electron chi connectivity index (χ3n) is 1.97. The molecular formula is C10H13NO3. The van der Waals surface area contributed by atoms with Gasteiger partial charge in [-0.25, -0.2) is 4.79 Å². The molecule has 0 aliphatic carbocycles. The summed E-state index contributed by atoms with van der Waals surface area (Å²) in [6.07, 6.45) is 0. The average Bonchev–Trinajstić information content (AvgIpc) is 2.26. The van der Waals surface area contributed by atoms with E-state index in [0.717, 1.165) is 11.3 Å². The van der Waals surface area contributed by atoms with E-state index in [4.69, 9.17) is 5.11 Å². The number of aliphatic hydroxyl groups is 1. The molecule has 1 aromatic rings. The minimum atomic E-state index is -0.383. The van der Waals surface area contributed by atoms with Crippen molar-refractivity contribution in [1.29, 1.82) is 0 Å². The van der Waals surface area contributed by atoms with Crippen molar-refractivity contribution in [2.45, 2.75) is 6.61 Å². The molecule has 0 aromatic heterocycles. The van der Waals surface area contributed by atoms with Crippen molar-refractivity contribution in [1.82, 2.24) is 0 Å². The van der Waals surface area contributed by atoms with Crippen LogP contribution in [0.5, 0.6) is 0 Å². The number of nitrogens with one attached hydrogen (secondary N) is 1. The van der Waals surface area contributed by atoms with Crippen LogP contribution in [-0.2, 0) is 11.3 Å². The zero-order valence-corrected chi connectivity index (χ0v) is 8.20. The molecule has 0 radical (unpaired) electrons. The molecule has 2 N–H and O–H groups in total. The van der Waals surface area contributed by atoms with Gasteiger partial charge in [0.05, 0.1) is 19.3 Å². The van der Waals surface area contributed by atoms with E-state index in [2.05, 4.69) is 10.1 Å². The first-order valence-corrected chi connectivity index (χ1v) is 4.22. The summed E-state index contributed by atoms with van der Waals surface area (Å²) < 4.78 is 4.58. The number of hydrogen-bond donors (Lipinski definition) is 2. The topological polar surface area (TPSA) is 58.6 Å². The Balaban J connectivity index is 3.07. The van der Waals surface area contributed by atoms with Crippen molar-refractivity contribution in [3.8, 4) is 0 Å². The molecule has 0 atom stereocenters. The summed E-state index contributed by atoms with van der Waals surface area (Å²) in [5.74, 6) is -0.383. The van der Waals surface area contributed by atoms with Crippen molar-refractivity contribution in [2.24, 2.45) is 0 Å². The summed E-state index contributed by atoms with van der Waals surface area (Å²) in [7, 11) is 3.07. The number of aliphatic hydroxyl groups excluding tert-OH is 1. The first-order valence-electron chi connectivity index (χ1n) is 4.22. The average molecular weight is 195 g/mol. The molecule has 0 aliphatic rings. The molecule has 4 nitrogen and oxygen atoms in total. The third-order valence-corrected chi connectivity index (χ3v) is 1.97. The lowest BCUT2D eigenvalue weighted by Gasteiger charge is -2.08. The third kappa shape index (κ3) is 2.03. The lowest BCUT2D eigenvalue weighted by molar-refractivity contribution is 0.0600. The second-order valence-electron chi connectivity index (χ2n) is 2.77. The monoisotopic (exact) mass is 195 g/mol. The summed E-state index contributed by atoms with van der Waals surface area (Å²) in [5, 5.41) is 11.9. The summed E-state index contributed by atoms with van der Waals surface area (Å²) in [6.45, 7) is -0.0579. The summed E-state index contributed by atoms with van der Waals surface area (Å²) in [4.78, 5) is 11.2. The fourth-order valence-corrected chi connectivity index (χ4v) is 1.19. The van der Waals surface area contributed by atoms with E-state index in [1.807, 2.05) is 0 Å². The second kappa shape index (κ2) is 4.62. The van der Waals surface area contributed by atoms with E-state index >= 15 is 0 Å². The van der Waals surface area contributed by atoms with E-state index in [1.54, 1.807) is 25.2 Å². The maximum Gasteiger partial charge on any atom is 0.337 e. The number of rotatable bonds is 3. The first-order chi connectivity index (χ1) is 6.72. The number of benzene rings is 1. The molecular weight excluding hydrogens is 182 g/mol. The summed E-state index contributed by atoms with van der Waals surface area (Å²) in [5.41, 5.74) is 1.95. The Bertz CT molecular complexity index is 336. The molecule has 1 aromatic carbocycles. The standard InChI is InChI=1S/C10H13NO3/c1-11-9-5-7(10(13)14-2)3-4-8(9)6-12/h3-5,11-12H,6H2,1-2H3. The fourth-order valence-electron chi connectivity index (χ4n) is 1.19. The van der Waals surface area contributed by atoms with Crippen LogP contribution in [0.25, 0.3) is 0 Å². The Labute approximate surface area is 82.5 Å². The minimum Gasteiger partial charge on any atom is -0.465 e. The highest BCUT2D eigenvalue weighted by atomic mass is 16.5. The van der Waals surface area contributed by atoms with E-state index in [0.29, 0.717) is 5.56 Å². The highest BCUT2D eigenvalue weighted by Gasteiger charge is 2.08. The lowest BCUT2D eigenvalue weighted by atomic mass is 10.1. The fraction of sp³-hybridized carbons (Fsp3) is 0.300. The molecule has 1 rings (SSSR count). The van der Waals surface area contributed by atoms with Gasteiger partial charge in [0, 0.05) is 18.3 Å². The van der Waals surface area contributed by atoms with Crippen molar-refractivity contribution in [3.63, 3.8) is 0 Å². The van der Waals surface area contributed by atoms with Crippen LogP contribution in [0, 0.1) is 0 Å². The van der Waals surface area contributed by atoms with Gasteiger partial charge in [-0.3, -0.25) is 0 Å². The Morgan fingerprint density at radius 1 is 1.57 bits per heavy atom. The zero-order chi connectivity index (χ0) is 10.6. The second-order valence-corrected chi connectivity index (χ2v) is 2.77. The van der Waals surface area contributed by atoms with Gasteiger partial charge in [-0.2, -0.15) is 0 Å². The SMILES string of the molecule is CNc1cc(C(=O)OC)ccc1CO.